The van der Waals surface area contributed by atoms with E-state index in [-0.39, 0.29) is 11.2 Å². The van der Waals surface area contributed by atoms with Crippen molar-refractivity contribution in [1.29, 1.82) is 0 Å². The quantitative estimate of drug-likeness (QED) is 0.725. The SMILES string of the molecule is Cn1cc(Cc2ccc(OC(F)(F)F)cc2)c(=O)c2ccccc21. The standard InChI is InChI=1S/C18H14F3NO2/c1-22-11-13(17(23)15-4-2-3-5-16(15)22)10-12-6-8-14(9-7-12)24-18(19,20)21/h2-9,11H,10H2,1H3. The van der Waals surface area contributed by atoms with E-state index in [1.165, 1.54) is 24.3 Å². The van der Waals surface area contributed by atoms with Gasteiger partial charge in [0.15, 0.2) is 5.43 Å². The number of ether oxygens (including phenoxy) is 1. The Balaban J connectivity index is 1.90. The first kappa shape index (κ1) is 16.1. The number of hydrogen-bond donors (Lipinski definition) is 0. The van der Waals surface area contributed by atoms with Crippen molar-refractivity contribution in [3.8, 4) is 5.75 Å². The molecule has 0 fully saturated rings. The minimum absolute atomic E-state index is 0.0701. The van der Waals surface area contributed by atoms with Gasteiger partial charge in [0.2, 0.25) is 0 Å². The molecule has 0 aliphatic rings. The highest BCUT2D eigenvalue weighted by atomic mass is 19.4. The molecule has 1 heterocycles. The van der Waals surface area contributed by atoms with Gasteiger partial charge in [-0.1, -0.05) is 24.3 Å². The topological polar surface area (TPSA) is 31.2 Å². The van der Waals surface area contributed by atoms with E-state index in [1.807, 2.05) is 23.7 Å². The molecule has 0 atom stereocenters. The molecule has 0 saturated heterocycles. The van der Waals surface area contributed by atoms with E-state index in [0.717, 1.165) is 11.1 Å². The van der Waals surface area contributed by atoms with Crippen molar-refractivity contribution >= 4 is 10.9 Å². The van der Waals surface area contributed by atoms with E-state index >= 15 is 0 Å². The smallest absolute Gasteiger partial charge is 0.406 e. The molecule has 0 bridgehead atoms. The summed E-state index contributed by atoms with van der Waals surface area (Å²) in [5.41, 5.74) is 2.08. The van der Waals surface area contributed by atoms with Crippen LogP contribution < -0.4 is 10.2 Å². The van der Waals surface area contributed by atoms with Crippen LogP contribution in [0.15, 0.2) is 59.5 Å². The van der Waals surface area contributed by atoms with E-state index in [4.69, 9.17) is 0 Å². The number of pyridine rings is 1. The van der Waals surface area contributed by atoms with Crippen molar-refractivity contribution in [2.24, 2.45) is 7.05 Å². The van der Waals surface area contributed by atoms with Crippen LogP contribution in [0.2, 0.25) is 0 Å². The van der Waals surface area contributed by atoms with Gasteiger partial charge in [0, 0.05) is 30.6 Å². The number of aryl methyl sites for hydroxylation is 1. The van der Waals surface area contributed by atoms with Crippen LogP contribution in [-0.2, 0) is 13.5 Å². The van der Waals surface area contributed by atoms with Crippen LogP contribution in [0.5, 0.6) is 5.75 Å². The third-order valence-corrected chi connectivity index (χ3v) is 3.72. The predicted octanol–water partition coefficient (Wildman–Crippen LogP) is 4.03. The summed E-state index contributed by atoms with van der Waals surface area (Å²) in [6.07, 6.45) is -2.62. The Bertz CT molecular complexity index is 928. The molecule has 0 spiro atoms. The third-order valence-electron chi connectivity index (χ3n) is 3.72. The lowest BCUT2D eigenvalue weighted by Crippen LogP contribution is -2.17. The minimum Gasteiger partial charge on any atom is -0.406 e. The normalized spacial score (nSPS) is 11.7. The molecule has 1 aromatic heterocycles. The van der Waals surface area contributed by atoms with Crippen molar-refractivity contribution in [1.82, 2.24) is 4.57 Å². The van der Waals surface area contributed by atoms with Crippen molar-refractivity contribution < 1.29 is 17.9 Å². The van der Waals surface area contributed by atoms with Gasteiger partial charge >= 0.3 is 6.36 Å². The molecule has 6 heteroatoms. The maximum Gasteiger partial charge on any atom is 0.573 e. The molecule has 0 saturated carbocycles. The first-order valence-corrected chi connectivity index (χ1v) is 7.25. The van der Waals surface area contributed by atoms with Crippen LogP contribution in [0, 0.1) is 0 Å². The van der Waals surface area contributed by atoms with Crippen LogP contribution in [-0.4, -0.2) is 10.9 Å². The van der Waals surface area contributed by atoms with E-state index in [1.54, 1.807) is 18.3 Å². The summed E-state index contributed by atoms with van der Waals surface area (Å²) in [7, 11) is 1.85. The minimum atomic E-state index is -4.71. The number of alkyl halides is 3. The molecule has 0 aliphatic carbocycles. The second kappa shape index (κ2) is 6.03. The molecular formula is C18H14F3NO2. The summed E-state index contributed by atoms with van der Waals surface area (Å²) in [5, 5.41) is 0.620. The Hall–Kier alpha value is -2.76. The number of fused-ring (bicyclic) bond motifs is 1. The Morgan fingerprint density at radius 2 is 1.71 bits per heavy atom. The van der Waals surface area contributed by atoms with E-state index in [9.17, 15) is 18.0 Å². The molecular weight excluding hydrogens is 319 g/mol. The number of nitrogens with zero attached hydrogens (tertiary/aromatic N) is 1. The van der Waals surface area contributed by atoms with Crippen LogP contribution >= 0.6 is 0 Å². The fourth-order valence-electron chi connectivity index (χ4n) is 2.66. The fraction of sp³-hybridized carbons (Fsp3) is 0.167. The van der Waals surface area contributed by atoms with E-state index in [2.05, 4.69) is 4.74 Å². The number of rotatable bonds is 3. The van der Waals surface area contributed by atoms with Gasteiger partial charge in [0.1, 0.15) is 5.75 Å². The third kappa shape index (κ3) is 3.42. The Labute approximate surface area is 135 Å². The first-order chi connectivity index (χ1) is 11.3. The van der Waals surface area contributed by atoms with Gasteiger partial charge in [-0.15, -0.1) is 13.2 Å². The largest absolute Gasteiger partial charge is 0.573 e. The molecule has 3 rings (SSSR count). The molecule has 124 valence electrons. The van der Waals surface area contributed by atoms with Gasteiger partial charge in [-0.2, -0.15) is 0 Å². The lowest BCUT2D eigenvalue weighted by Gasteiger charge is -2.11. The van der Waals surface area contributed by atoms with Gasteiger partial charge in [-0.25, -0.2) is 0 Å². The highest BCUT2D eigenvalue weighted by Gasteiger charge is 2.30. The summed E-state index contributed by atoms with van der Waals surface area (Å²) in [4.78, 5) is 12.6. The van der Waals surface area contributed by atoms with Crippen LogP contribution in [0.4, 0.5) is 13.2 Å². The van der Waals surface area contributed by atoms with Gasteiger partial charge < -0.3 is 9.30 Å². The number of halogens is 3. The van der Waals surface area contributed by atoms with Crippen LogP contribution in [0.25, 0.3) is 10.9 Å². The molecule has 2 aromatic carbocycles. The summed E-state index contributed by atoms with van der Waals surface area (Å²) in [6, 6.07) is 12.8. The summed E-state index contributed by atoms with van der Waals surface area (Å²) < 4.78 is 42.2. The molecule has 0 radical (unpaired) electrons. The van der Waals surface area contributed by atoms with E-state index < -0.39 is 6.36 Å². The average Bonchev–Trinajstić information content (AvgIpc) is 2.53. The Morgan fingerprint density at radius 1 is 1.04 bits per heavy atom. The van der Waals surface area contributed by atoms with Crippen LogP contribution in [0.1, 0.15) is 11.1 Å². The fourth-order valence-corrected chi connectivity index (χ4v) is 2.66. The maximum absolute atomic E-state index is 12.6. The lowest BCUT2D eigenvalue weighted by atomic mass is 10.0. The van der Waals surface area contributed by atoms with Crippen molar-refractivity contribution in [3.05, 3.63) is 76.1 Å². The van der Waals surface area contributed by atoms with Crippen molar-refractivity contribution in [2.75, 3.05) is 0 Å². The lowest BCUT2D eigenvalue weighted by molar-refractivity contribution is -0.274. The molecule has 0 amide bonds. The molecule has 3 aromatic rings. The van der Waals surface area contributed by atoms with E-state index in [0.29, 0.717) is 17.4 Å². The molecule has 24 heavy (non-hydrogen) atoms. The van der Waals surface area contributed by atoms with Gasteiger partial charge in [0.05, 0.1) is 5.52 Å². The molecule has 0 unspecified atom stereocenters. The Kier molecular flexibility index (Phi) is 4.05. The maximum atomic E-state index is 12.6. The highest BCUT2D eigenvalue weighted by Crippen LogP contribution is 2.23. The van der Waals surface area contributed by atoms with Crippen LogP contribution in [0.3, 0.4) is 0 Å². The predicted molar refractivity (Wildman–Crippen MR) is 85.1 cm³/mol. The first-order valence-electron chi connectivity index (χ1n) is 7.25. The monoisotopic (exact) mass is 333 g/mol. The van der Waals surface area contributed by atoms with Gasteiger partial charge in [-0.05, 0) is 29.8 Å². The van der Waals surface area contributed by atoms with Gasteiger partial charge in [0.25, 0.3) is 0 Å². The Morgan fingerprint density at radius 3 is 2.38 bits per heavy atom. The van der Waals surface area contributed by atoms with Gasteiger partial charge in [-0.3, -0.25) is 4.79 Å². The molecule has 0 aliphatic heterocycles. The number of para-hydroxylation sites is 1. The van der Waals surface area contributed by atoms with Crippen molar-refractivity contribution in [3.63, 3.8) is 0 Å². The number of hydrogen-bond acceptors (Lipinski definition) is 2. The summed E-state index contributed by atoms with van der Waals surface area (Å²) >= 11 is 0. The molecule has 3 nitrogen and oxygen atoms in total. The molecule has 0 N–H and O–H groups in total. The number of aromatic nitrogens is 1. The zero-order valence-electron chi connectivity index (χ0n) is 12.8. The number of benzene rings is 2. The zero-order chi connectivity index (χ0) is 17.3. The highest BCUT2D eigenvalue weighted by molar-refractivity contribution is 5.79. The second-order valence-electron chi connectivity index (χ2n) is 5.48. The zero-order valence-corrected chi connectivity index (χ0v) is 12.8. The average molecular weight is 333 g/mol. The summed E-state index contributed by atoms with van der Waals surface area (Å²) in [6.45, 7) is 0. The summed E-state index contributed by atoms with van der Waals surface area (Å²) in [5.74, 6) is -0.280. The second-order valence-corrected chi connectivity index (χ2v) is 5.48. The van der Waals surface area contributed by atoms with Crippen molar-refractivity contribution in [2.45, 2.75) is 12.8 Å².